The van der Waals surface area contributed by atoms with Crippen molar-refractivity contribution in [2.24, 2.45) is 0 Å². The predicted molar refractivity (Wildman–Crippen MR) is 153 cm³/mol. The van der Waals surface area contributed by atoms with Crippen LogP contribution in [0.25, 0.3) is 11.3 Å². The van der Waals surface area contributed by atoms with Gasteiger partial charge in [-0.15, -0.1) is 0 Å². The highest BCUT2D eigenvalue weighted by molar-refractivity contribution is 7.89. The molecule has 3 N–H and O–H groups in total. The van der Waals surface area contributed by atoms with Gasteiger partial charge in [-0.3, -0.25) is 4.79 Å². The van der Waals surface area contributed by atoms with Crippen molar-refractivity contribution < 1.29 is 32.2 Å². The summed E-state index contributed by atoms with van der Waals surface area (Å²) in [6.45, 7) is 2.18. The molecule has 42 heavy (non-hydrogen) atoms. The van der Waals surface area contributed by atoms with E-state index >= 15 is 0 Å². The number of nitrogens with one attached hydrogen (secondary N) is 2. The molecule has 0 bridgehead atoms. The number of amides is 1. The van der Waals surface area contributed by atoms with Gasteiger partial charge in [0.25, 0.3) is 0 Å². The summed E-state index contributed by atoms with van der Waals surface area (Å²) < 4.78 is 52.8. The number of aliphatic hydroxyl groups is 1. The van der Waals surface area contributed by atoms with Gasteiger partial charge in [0, 0.05) is 37.4 Å². The second-order valence-electron chi connectivity index (χ2n) is 10.1. The molecule has 3 aromatic rings. The first-order chi connectivity index (χ1) is 20.1. The number of fused-ring (bicyclic) bond motifs is 1. The SMILES string of the molecule is COc1cc(F)cc([C@@H](CO)NC(=O)[C@H](C)N2Cc3ccc(-c4nc(NC5CCOCC5)ncc4Cl)cc3S2(=O)=O)c1. The normalized spacial score (nSPS) is 18.2. The summed E-state index contributed by atoms with van der Waals surface area (Å²) in [6.07, 6.45) is 3.10. The second kappa shape index (κ2) is 12.5. The van der Waals surface area contributed by atoms with Crippen molar-refractivity contribution in [3.05, 3.63) is 64.6 Å². The number of carbonyl (C=O) groups excluding carboxylic acids is 1. The molecule has 1 saturated heterocycles. The molecule has 1 amide bonds. The molecule has 224 valence electrons. The van der Waals surface area contributed by atoms with Crippen LogP contribution < -0.4 is 15.4 Å². The van der Waals surface area contributed by atoms with E-state index in [9.17, 15) is 22.7 Å². The number of sulfonamides is 1. The molecule has 1 fully saturated rings. The van der Waals surface area contributed by atoms with Crippen LogP contribution >= 0.6 is 11.6 Å². The third-order valence-corrected chi connectivity index (χ3v) is 9.67. The molecule has 1 aromatic heterocycles. The number of nitrogens with zero attached hydrogens (tertiary/aromatic N) is 3. The largest absolute Gasteiger partial charge is 0.497 e. The molecule has 2 aliphatic heterocycles. The van der Waals surface area contributed by atoms with Crippen LogP contribution in [0.15, 0.2) is 47.5 Å². The quantitative estimate of drug-likeness (QED) is 0.329. The van der Waals surface area contributed by atoms with Crippen molar-refractivity contribution in [1.29, 1.82) is 0 Å². The van der Waals surface area contributed by atoms with Crippen LogP contribution in [0.1, 0.15) is 36.9 Å². The smallest absolute Gasteiger partial charge is 0.244 e. The van der Waals surface area contributed by atoms with Crippen molar-refractivity contribution in [1.82, 2.24) is 19.6 Å². The molecule has 11 nitrogen and oxygen atoms in total. The highest BCUT2D eigenvalue weighted by Gasteiger charge is 2.41. The lowest BCUT2D eigenvalue weighted by Crippen LogP contribution is -2.46. The number of aromatic nitrogens is 2. The number of rotatable bonds is 9. The number of carbonyl (C=O) groups is 1. The van der Waals surface area contributed by atoms with Gasteiger partial charge in [-0.05, 0) is 49.1 Å². The topological polar surface area (TPSA) is 143 Å². The van der Waals surface area contributed by atoms with E-state index in [0.717, 1.165) is 17.1 Å². The zero-order chi connectivity index (χ0) is 30.0. The lowest BCUT2D eigenvalue weighted by Gasteiger charge is -2.25. The highest BCUT2D eigenvalue weighted by Crippen LogP contribution is 2.36. The summed E-state index contributed by atoms with van der Waals surface area (Å²) in [5, 5.41) is 16.1. The number of methoxy groups -OCH3 is 1. The Balaban J connectivity index is 1.35. The van der Waals surface area contributed by atoms with Crippen LogP contribution in [0.2, 0.25) is 5.02 Å². The van der Waals surface area contributed by atoms with E-state index in [-0.39, 0.29) is 33.8 Å². The predicted octanol–water partition coefficient (Wildman–Crippen LogP) is 3.28. The molecule has 0 radical (unpaired) electrons. The Morgan fingerprint density at radius 2 is 2.02 bits per heavy atom. The number of benzene rings is 2. The number of aliphatic hydroxyl groups excluding tert-OH is 1. The van der Waals surface area contributed by atoms with Crippen LogP contribution in [-0.2, 0) is 26.1 Å². The van der Waals surface area contributed by atoms with Gasteiger partial charge < -0.3 is 25.2 Å². The molecule has 0 saturated carbocycles. The van der Waals surface area contributed by atoms with Gasteiger partial charge in [0.15, 0.2) is 0 Å². The van der Waals surface area contributed by atoms with Crippen molar-refractivity contribution in [3.63, 3.8) is 0 Å². The van der Waals surface area contributed by atoms with E-state index in [4.69, 9.17) is 21.1 Å². The molecule has 0 unspecified atom stereocenters. The molecule has 2 aromatic carbocycles. The molecule has 5 rings (SSSR count). The van der Waals surface area contributed by atoms with Crippen LogP contribution in [0.4, 0.5) is 10.3 Å². The highest BCUT2D eigenvalue weighted by atomic mass is 35.5. The van der Waals surface area contributed by atoms with Crippen molar-refractivity contribution in [2.75, 3.05) is 32.2 Å². The summed E-state index contributed by atoms with van der Waals surface area (Å²) in [5.74, 6) is -0.661. The maximum atomic E-state index is 14.0. The lowest BCUT2D eigenvalue weighted by atomic mass is 10.1. The summed E-state index contributed by atoms with van der Waals surface area (Å²) in [6, 6.07) is 6.77. The Morgan fingerprint density at radius 1 is 1.26 bits per heavy atom. The summed E-state index contributed by atoms with van der Waals surface area (Å²) >= 11 is 6.42. The molecule has 3 heterocycles. The minimum Gasteiger partial charge on any atom is -0.497 e. The number of halogens is 2. The second-order valence-corrected chi connectivity index (χ2v) is 12.4. The van der Waals surface area contributed by atoms with Crippen molar-refractivity contribution in [3.8, 4) is 17.0 Å². The molecular formula is C28H31ClFN5O6S. The average molecular weight is 620 g/mol. The Kier molecular flexibility index (Phi) is 8.94. The molecule has 0 spiro atoms. The number of hydrogen-bond acceptors (Lipinski definition) is 9. The molecule has 14 heteroatoms. The fourth-order valence-corrected chi connectivity index (χ4v) is 7.04. The van der Waals surface area contributed by atoms with E-state index in [2.05, 4.69) is 20.6 Å². The van der Waals surface area contributed by atoms with E-state index in [1.165, 1.54) is 44.5 Å². The molecule has 0 aliphatic carbocycles. The number of hydrogen-bond donors (Lipinski definition) is 3. The Hall–Kier alpha value is -3.36. The third kappa shape index (κ3) is 6.20. The third-order valence-electron chi connectivity index (χ3n) is 7.39. The van der Waals surface area contributed by atoms with Gasteiger partial charge >= 0.3 is 0 Å². The van der Waals surface area contributed by atoms with Gasteiger partial charge in [-0.1, -0.05) is 23.7 Å². The Labute approximate surface area is 248 Å². The van der Waals surface area contributed by atoms with Gasteiger partial charge in [-0.2, -0.15) is 4.31 Å². The van der Waals surface area contributed by atoms with Crippen LogP contribution in [0.3, 0.4) is 0 Å². The van der Waals surface area contributed by atoms with Gasteiger partial charge in [0.1, 0.15) is 17.6 Å². The number of ether oxygens (including phenoxy) is 2. The van der Waals surface area contributed by atoms with E-state index in [0.29, 0.717) is 36.0 Å². The average Bonchev–Trinajstić information content (AvgIpc) is 3.25. The minimum atomic E-state index is -4.08. The molecular weight excluding hydrogens is 589 g/mol. The van der Waals surface area contributed by atoms with Crippen LogP contribution in [0.5, 0.6) is 5.75 Å². The fraction of sp³-hybridized carbons (Fsp3) is 0.393. The molecule has 2 atom stereocenters. The van der Waals surface area contributed by atoms with Crippen LogP contribution in [-0.4, -0.2) is 72.7 Å². The minimum absolute atomic E-state index is 0.0296. The van der Waals surface area contributed by atoms with E-state index in [1.807, 2.05) is 0 Å². The fourth-order valence-electron chi connectivity index (χ4n) is 5.02. The first-order valence-electron chi connectivity index (χ1n) is 13.4. The van der Waals surface area contributed by atoms with E-state index in [1.54, 1.807) is 12.1 Å². The van der Waals surface area contributed by atoms with Gasteiger partial charge in [0.05, 0.1) is 41.6 Å². The lowest BCUT2D eigenvalue weighted by molar-refractivity contribution is -0.125. The van der Waals surface area contributed by atoms with Gasteiger partial charge in [0.2, 0.25) is 21.9 Å². The zero-order valence-corrected chi connectivity index (χ0v) is 24.6. The maximum Gasteiger partial charge on any atom is 0.244 e. The number of anilines is 1. The van der Waals surface area contributed by atoms with Crippen molar-refractivity contribution in [2.45, 2.75) is 49.3 Å². The maximum absolute atomic E-state index is 14.0. The summed E-state index contributed by atoms with van der Waals surface area (Å²) in [4.78, 5) is 22.1. The Bertz CT molecular complexity index is 1590. The summed E-state index contributed by atoms with van der Waals surface area (Å²) in [5.41, 5.74) is 1.65. The van der Waals surface area contributed by atoms with Crippen LogP contribution in [0, 0.1) is 5.82 Å². The zero-order valence-electron chi connectivity index (χ0n) is 23.0. The van der Waals surface area contributed by atoms with Gasteiger partial charge in [-0.25, -0.2) is 22.8 Å². The van der Waals surface area contributed by atoms with E-state index < -0.39 is 40.4 Å². The molecule has 2 aliphatic rings. The summed E-state index contributed by atoms with van der Waals surface area (Å²) in [7, 11) is -2.71. The Morgan fingerprint density at radius 3 is 2.74 bits per heavy atom. The monoisotopic (exact) mass is 619 g/mol. The van der Waals surface area contributed by atoms with Crippen molar-refractivity contribution >= 4 is 33.5 Å². The standard InChI is InChI=1S/C28H31ClFN5O6S/c1-16(27(37)33-24(15-36)19-9-20(30)12-22(10-19)40-2)35-14-18-4-3-17(11-25(18)42(35,38)39)26-23(29)13-31-28(34-26)32-21-5-7-41-8-6-21/h3-4,9-13,16,21,24,36H,5-8,14-15H2,1-2H3,(H,33,37)(H,31,32,34)/t16-,24+/m0/s1. The first-order valence-corrected chi connectivity index (χ1v) is 15.2. The first kappa shape index (κ1) is 30.1.